The molecule has 1 saturated carbocycles. The second kappa shape index (κ2) is 9.29. The Labute approximate surface area is 197 Å². The summed E-state index contributed by atoms with van der Waals surface area (Å²) in [4.78, 5) is 27.9. The van der Waals surface area contributed by atoms with Crippen LogP contribution in [0.4, 0.5) is 5.69 Å². The Morgan fingerprint density at radius 1 is 0.909 bits per heavy atom. The highest BCUT2D eigenvalue weighted by Gasteiger charge is 2.54. The Kier molecular flexibility index (Phi) is 7.03. The van der Waals surface area contributed by atoms with Gasteiger partial charge in [-0.2, -0.15) is 0 Å². The number of hydrogen-bond acceptors (Lipinski definition) is 4. The predicted octanol–water partition coefficient (Wildman–Crippen LogP) is 4.41. The predicted molar refractivity (Wildman–Crippen MR) is 131 cm³/mol. The molecule has 7 heteroatoms. The third-order valence-electron chi connectivity index (χ3n) is 6.62. The smallest absolute Gasteiger partial charge is 0.244 e. The SMILES string of the molecule is Cc1cc(C)c(NC(=O)CN(C)C(=O)C2(S(=O)(=O)c3cc(C)ccc3C)CCCC2)c(C)c1. The van der Waals surface area contributed by atoms with Crippen molar-refractivity contribution in [3.63, 3.8) is 0 Å². The number of likely N-dealkylation sites (N-methyl/N-ethyl adjacent to an activating group) is 1. The average molecular weight is 471 g/mol. The second-order valence-electron chi connectivity index (χ2n) is 9.46. The van der Waals surface area contributed by atoms with Gasteiger partial charge in [0.15, 0.2) is 14.6 Å². The van der Waals surface area contributed by atoms with Gasteiger partial charge in [0.05, 0.1) is 11.4 Å². The number of aryl methyl sites for hydroxylation is 5. The molecule has 0 saturated heterocycles. The van der Waals surface area contributed by atoms with Crippen molar-refractivity contribution < 1.29 is 18.0 Å². The molecule has 33 heavy (non-hydrogen) atoms. The van der Waals surface area contributed by atoms with Crippen LogP contribution in [0.5, 0.6) is 0 Å². The minimum Gasteiger partial charge on any atom is -0.335 e. The van der Waals surface area contributed by atoms with Gasteiger partial charge < -0.3 is 10.2 Å². The largest absolute Gasteiger partial charge is 0.335 e. The van der Waals surface area contributed by atoms with Gasteiger partial charge in [-0.05, 0) is 75.8 Å². The molecular formula is C26H34N2O4S. The number of benzene rings is 2. The number of carbonyl (C=O) groups excluding carboxylic acids is 2. The van der Waals surface area contributed by atoms with Crippen molar-refractivity contribution in [1.29, 1.82) is 0 Å². The highest BCUT2D eigenvalue weighted by molar-refractivity contribution is 7.93. The van der Waals surface area contributed by atoms with Crippen molar-refractivity contribution in [2.75, 3.05) is 18.9 Å². The summed E-state index contributed by atoms with van der Waals surface area (Å²) in [7, 11) is -2.42. The lowest BCUT2D eigenvalue weighted by atomic mass is 10.0. The first kappa shape index (κ1) is 25.0. The highest BCUT2D eigenvalue weighted by atomic mass is 32.2. The first-order valence-corrected chi connectivity index (χ1v) is 12.8. The maximum absolute atomic E-state index is 13.8. The van der Waals surface area contributed by atoms with E-state index in [1.165, 1.54) is 11.9 Å². The van der Waals surface area contributed by atoms with Crippen LogP contribution in [0, 0.1) is 34.6 Å². The number of amides is 2. The highest BCUT2D eigenvalue weighted by Crippen LogP contribution is 2.42. The fourth-order valence-electron chi connectivity index (χ4n) is 4.94. The third kappa shape index (κ3) is 4.69. The molecule has 0 aliphatic heterocycles. The molecule has 1 N–H and O–H groups in total. The summed E-state index contributed by atoms with van der Waals surface area (Å²) < 4.78 is 26.1. The molecule has 2 aromatic rings. The first-order chi connectivity index (χ1) is 15.4. The van der Waals surface area contributed by atoms with Crippen LogP contribution >= 0.6 is 0 Å². The summed E-state index contributed by atoms with van der Waals surface area (Å²) in [6.07, 6.45) is 1.86. The molecule has 0 spiro atoms. The van der Waals surface area contributed by atoms with Gasteiger partial charge >= 0.3 is 0 Å². The van der Waals surface area contributed by atoms with E-state index in [1.54, 1.807) is 19.1 Å². The zero-order valence-electron chi connectivity index (χ0n) is 20.4. The second-order valence-corrected chi connectivity index (χ2v) is 11.7. The number of sulfone groups is 1. The first-order valence-electron chi connectivity index (χ1n) is 11.3. The topological polar surface area (TPSA) is 83.6 Å². The molecule has 2 aromatic carbocycles. The number of nitrogens with zero attached hydrogens (tertiary/aromatic N) is 1. The molecule has 0 bridgehead atoms. The monoisotopic (exact) mass is 470 g/mol. The van der Waals surface area contributed by atoms with E-state index in [1.807, 2.05) is 45.9 Å². The molecule has 1 fully saturated rings. The van der Waals surface area contributed by atoms with Gasteiger partial charge in [0, 0.05) is 12.7 Å². The third-order valence-corrected chi connectivity index (χ3v) is 9.25. The van der Waals surface area contributed by atoms with E-state index in [2.05, 4.69) is 5.32 Å². The molecule has 0 radical (unpaired) electrons. The van der Waals surface area contributed by atoms with E-state index < -0.39 is 20.5 Å². The van der Waals surface area contributed by atoms with E-state index in [0.29, 0.717) is 18.4 Å². The van der Waals surface area contributed by atoms with E-state index in [-0.39, 0.29) is 30.2 Å². The van der Waals surface area contributed by atoms with Crippen molar-refractivity contribution >= 4 is 27.3 Å². The number of nitrogens with one attached hydrogen (secondary N) is 1. The van der Waals surface area contributed by atoms with E-state index >= 15 is 0 Å². The van der Waals surface area contributed by atoms with Crippen LogP contribution in [0.2, 0.25) is 0 Å². The van der Waals surface area contributed by atoms with E-state index in [0.717, 1.165) is 27.9 Å². The van der Waals surface area contributed by atoms with Crippen LogP contribution in [-0.2, 0) is 19.4 Å². The lowest BCUT2D eigenvalue weighted by molar-refractivity contribution is -0.135. The summed E-state index contributed by atoms with van der Waals surface area (Å²) in [6.45, 7) is 9.23. The quantitative estimate of drug-likeness (QED) is 0.678. The van der Waals surface area contributed by atoms with Gasteiger partial charge in [0.25, 0.3) is 0 Å². The maximum atomic E-state index is 13.8. The molecule has 3 rings (SSSR count). The molecular weight excluding hydrogens is 436 g/mol. The standard InChI is InChI=1S/C26H34N2O4S/c1-17-9-10-19(3)22(15-17)33(31,32)26(11-7-8-12-26)25(30)28(6)16-23(29)27-24-20(4)13-18(2)14-21(24)5/h9-10,13-15H,7-8,11-12,16H2,1-6H3,(H,27,29). The van der Waals surface area contributed by atoms with Gasteiger partial charge in [-0.25, -0.2) is 8.42 Å². The molecule has 2 amide bonds. The van der Waals surface area contributed by atoms with E-state index in [4.69, 9.17) is 0 Å². The summed E-state index contributed by atoms with van der Waals surface area (Å²) in [6, 6.07) is 9.26. The molecule has 0 aromatic heterocycles. The van der Waals surface area contributed by atoms with Gasteiger partial charge in [-0.1, -0.05) is 42.7 Å². The molecule has 178 valence electrons. The Hall–Kier alpha value is -2.67. The number of carbonyl (C=O) groups is 2. The Morgan fingerprint density at radius 3 is 2.06 bits per heavy atom. The minimum atomic E-state index is -3.93. The number of anilines is 1. The normalized spacial score (nSPS) is 15.3. The number of rotatable bonds is 6. The summed E-state index contributed by atoms with van der Waals surface area (Å²) in [5.74, 6) is -0.855. The van der Waals surface area contributed by atoms with Gasteiger partial charge in [-0.3, -0.25) is 9.59 Å². The van der Waals surface area contributed by atoms with Gasteiger partial charge in [0.2, 0.25) is 11.8 Å². The van der Waals surface area contributed by atoms with Crippen LogP contribution in [0.15, 0.2) is 35.2 Å². The Balaban J connectivity index is 1.87. The summed E-state index contributed by atoms with van der Waals surface area (Å²) in [5.41, 5.74) is 5.18. The lowest BCUT2D eigenvalue weighted by Crippen LogP contribution is -2.52. The van der Waals surface area contributed by atoms with Gasteiger partial charge in [-0.15, -0.1) is 0 Å². The fraction of sp³-hybridized carbons (Fsp3) is 0.462. The van der Waals surface area contributed by atoms with Crippen molar-refractivity contribution in [3.05, 3.63) is 58.1 Å². The lowest BCUT2D eigenvalue weighted by Gasteiger charge is -2.32. The summed E-state index contributed by atoms with van der Waals surface area (Å²) >= 11 is 0. The van der Waals surface area contributed by atoms with Crippen LogP contribution < -0.4 is 5.32 Å². The van der Waals surface area contributed by atoms with Crippen molar-refractivity contribution in [3.8, 4) is 0 Å². The molecule has 1 aliphatic rings. The fourth-order valence-corrected chi connectivity index (χ4v) is 7.41. The minimum absolute atomic E-state index is 0.210. The van der Waals surface area contributed by atoms with Gasteiger partial charge in [0.1, 0.15) is 0 Å². The molecule has 0 atom stereocenters. The van der Waals surface area contributed by atoms with Crippen LogP contribution in [0.1, 0.15) is 53.5 Å². The maximum Gasteiger partial charge on any atom is 0.244 e. The van der Waals surface area contributed by atoms with Crippen LogP contribution in [0.3, 0.4) is 0 Å². The molecule has 1 aliphatic carbocycles. The zero-order chi connectivity index (χ0) is 24.6. The zero-order valence-corrected chi connectivity index (χ0v) is 21.2. The average Bonchev–Trinajstić information content (AvgIpc) is 3.23. The van der Waals surface area contributed by atoms with Crippen LogP contribution in [0.25, 0.3) is 0 Å². The van der Waals surface area contributed by atoms with Crippen molar-refractivity contribution in [2.45, 2.75) is 69.9 Å². The summed E-state index contributed by atoms with van der Waals surface area (Å²) in [5, 5.41) is 2.90. The van der Waals surface area contributed by atoms with Crippen molar-refractivity contribution in [2.24, 2.45) is 0 Å². The molecule has 0 unspecified atom stereocenters. The molecule has 6 nitrogen and oxygen atoms in total. The Bertz CT molecular complexity index is 1170. The van der Waals surface area contributed by atoms with E-state index in [9.17, 15) is 18.0 Å². The van der Waals surface area contributed by atoms with Crippen LogP contribution in [-0.4, -0.2) is 43.5 Å². The Morgan fingerprint density at radius 2 is 1.48 bits per heavy atom. The molecule has 0 heterocycles. The van der Waals surface area contributed by atoms with Crippen molar-refractivity contribution in [1.82, 2.24) is 4.90 Å². The number of hydrogen-bond donors (Lipinski definition) is 1.